The van der Waals surface area contributed by atoms with E-state index in [4.69, 9.17) is 4.74 Å². The zero-order chi connectivity index (χ0) is 15.7. The van der Waals surface area contributed by atoms with Gasteiger partial charge in [0.15, 0.2) is 0 Å². The molecule has 1 aromatic rings. The van der Waals surface area contributed by atoms with Crippen molar-refractivity contribution in [2.45, 2.75) is 46.0 Å². The van der Waals surface area contributed by atoms with E-state index < -0.39 is 6.08 Å². The Morgan fingerprint density at radius 3 is 2.43 bits per heavy atom. The summed E-state index contributed by atoms with van der Waals surface area (Å²) in [5, 5.41) is 0. The molecule has 0 aliphatic heterocycles. The normalized spacial score (nSPS) is 11.4. The molecule has 1 aromatic carbocycles. The van der Waals surface area contributed by atoms with Gasteiger partial charge < -0.3 is 4.74 Å². The van der Waals surface area contributed by atoms with Crippen LogP contribution < -0.4 is 4.74 Å². The summed E-state index contributed by atoms with van der Waals surface area (Å²) in [6.45, 7) is 4.16. The summed E-state index contributed by atoms with van der Waals surface area (Å²) < 4.78 is 32.1. The van der Waals surface area contributed by atoms with E-state index in [0.29, 0.717) is 11.3 Å². The van der Waals surface area contributed by atoms with E-state index in [1.807, 2.05) is 0 Å². The number of hydrogen-bond donors (Lipinski definition) is 0. The number of halogens is 2. The van der Waals surface area contributed by atoms with Crippen LogP contribution in [0.2, 0.25) is 0 Å². The zero-order valence-electron chi connectivity index (χ0n) is 13.1. The molecule has 1 nitrogen and oxygen atoms in total. The van der Waals surface area contributed by atoms with Gasteiger partial charge in [-0.3, -0.25) is 0 Å². The molecule has 0 saturated carbocycles. The van der Waals surface area contributed by atoms with Crippen LogP contribution in [0.1, 0.15) is 51.5 Å². The van der Waals surface area contributed by atoms with Gasteiger partial charge in [0.2, 0.25) is 0 Å². The minimum absolute atomic E-state index is 0.0725. The fourth-order valence-corrected chi connectivity index (χ4v) is 2.32. The molecule has 0 heterocycles. The minimum Gasteiger partial charge on any atom is -0.496 e. The summed E-state index contributed by atoms with van der Waals surface area (Å²) >= 11 is 0. The maximum atomic E-state index is 13.4. The van der Waals surface area contributed by atoms with Crippen molar-refractivity contribution in [1.82, 2.24) is 0 Å². The SMILES string of the molecule is CCC/C=C(\CCC)CC(=C(F)F)c1ccccc1OC. The largest absolute Gasteiger partial charge is 0.496 e. The van der Waals surface area contributed by atoms with Crippen LogP contribution in [-0.4, -0.2) is 7.11 Å². The highest BCUT2D eigenvalue weighted by molar-refractivity contribution is 5.72. The fourth-order valence-electron chi connectivity index (χ4n) is 2.32. The first-order valence-electron chi connectivity index (χ1n) is 7.49. The molecule has 0 atom stereocenters. The Morgan fingerprint density at radius 2 is 1.86 bits per heavy atom. The molecular weight excluding hydrogens is 270 g/mol. The summed E-state index contributed by atoms with van der Waals surface area (Å²) in [7, 11) is 1.51. The van der Waals surface area contributed by atoms with Crippen molar-refractivity contribution in [1.29, 1.82) is 0 Å². The third kappa shape index (κ3) is 5.33. The van der Waals surface area contributed by atoms with Gasteiger partial charge >= 0.3 is 0 Å². The summed E-state index contributed by atoms with van der Waals surface area (Å²) in [5.74, 6) is 0.492. The highest BCUT2D eigenvalue weighted by Crippen LogP contribution is 2.34. The van der Waals surface area contributed by atoms with Gasteiger partial charge in [0, 0.05) is 11.1 Å². The summed E-state index contributed by atoms with van der Waals surface area (Å²) in [6.07, 6.45) is 4.53. The summed E-state index contributed by atoms with van der Waals surface area (Å²) in [5.41, 5.74) is 1.63. The lowest BCUT2D eigenvalue weighted by atomic mass is 9.95. The number of unbranched alkanes of at least 4 members (excludes halogenated alkanes) is 1. The first-order chi connectivity index (χ1) is 10.1. The highest BCUT2D eigenvalue weighted by Gasteiger charge is 2.15. The molecule has 0 amide bonds. The quantitative estimate of drug-likeness (QED) is 0.517. The number of para-hydroxylation sites is 1. The predicted molar refractivity (Wildman–Crippen MR) is 84.6 cm³/mol. The Balaban J connectivity index is 3.11. The average Bonchev–Trinajstić information content (AvgIpc) is 2.49. The maximum absolute atomic E-state index is 13.4. The molecule has 0 aliphatic rings. The van der Waals surface area contributed by atoms with Gasteiger partial charge in [-0.25, -0.2) is 0 Å². The number of ether oxygens (including phenoxy) is 1. The lowest BCUT2D eigenvalue weighted by Crippen LogP contribution is -1.95. The van der Waals surface area contributed by atoms with Gasteiger partial charge in [-0.05, 0) is 25.3 Å². The Kier molecular flexibility index (Phi) is 7.73. The Labute approximate surface area is 126 Å². The van der Waals surface area contributed by atoms with Gasteiger partial charge in [-0.2, -0.15) is 8.78 Å². The molecule has 0 bridgehead atoms. The Hall–Kier alpha value is -1.64. The zero-order valence-corrected chi connectivity index (χ0v) is 13.1. The monoisotopic (exact) mass is 294 g/mol. The topological polar surface area (TPSA) is 9.23 Å². The smallest absolute Gasteiger partial charge is 0.274 e. The van der Waals surface area contributed by atoms with Crippen LogP contribution in [0.3, 0.4) is 0 Å². The molecule has 0 spiro atoms. The van der Waals surface area contributed by atoms with E-state index in [1.165, 1.54) is 7.11 Å². The van der Waals surface area contributed by atoms with Gasteiger partial charge in [0.1, 0.15) is 5.75 Å². The second kappa shape index (κ2) is 9.32. The molecule has 116 valence electrons. The first-order valence-corrected chi connectivity index (χ1v) is 7.49. The van der Waals surface area contributed by atoms with Crippen molar-refractivity contribution < 1.29 is 13.5 Å². The van der Waals surface area contributed by atoms with Crippen molar-refractivity contribution in [2.75, 3.05) is 7.11 Å². The standard InChI is InChI=1S/C18H24F2O/c1-4-6-10-14(9-5-2)13-16(18(19)20)15-11-7-8-12-17(15)21-3/h7-8,10-12H,4-6,9,13H2,1-3H3/b14-10+. The lowest BCUT2D eigenvalue weighted by Gasteiger charge is -2.13. The van der Waals surface area contributed by atoms with E-state index in [-0.39, 0.29) is 12.0 Å². The van der Waals surface area contributed by atoms with Crippen molar-refractivity contribution in [3.8, 4) is 5.75 Å². The third-order valence-electron chi connectivity index (χ3n) is 3.36. The summed E-state index contributed by atoms with van der Waals surface area (Å²) in [4.78, 5) is 0. The van der Waals surface area contributed by atoms with Crippen LogP contribution in [0.5, 0.6) is 5.75 Å². The van der Waals surface area contributed by atoms with Crippen LogP contribution in [-0.2, 0) is 0 Å². The highest BCUT2D eigenvalue weighted by atomic mass is 19.3. The van der Waals surface area contributed by atoms with E-state index in [1.54, 1.807) is 24.3 Å². The lowest BCUT2D eigenvalue weighted by molar-refractivity contribution is 0.408. The van der Waals surface area contributed by atoms with Crippen LogP contribution in [0.4, 0.5) is 8.78 Å². The number of benzene rings is 1. The average molecular weight is 294 g/mol. The molecule has 0 unspecified atom stereocenters. The van der Waals surface area contributed by atoms with E-state index in [2.05, 4.69) is 19.9 Å². The minimum atomic E-state index is -1.63. The number of hydrogen-bond acceptors (Lipinski definition) is 1. The molecule has 0 aromatic heterocycles. The van der Waals surface area contributed by atoms with E-state index >= 15 is 0 Å². The van der Waals surface area contributed by atoms with Crippen LogP contribution in [0, 0.1) is 0 Å². The molecule has 3 heteroatoms. The maximum Gasteiger partial charge on any atom is 0.274 e. The molecule has 0 fully saturated rings. The van der Waals surface area contributed by atoms with Crippen LogP contribution >= 0.6 is 0 Å². The number of rotatable bonds is 8. The van der Waals surface area contributed by atoms with Crippen LogP contribution in [0.25, 0.3) is 5.57 Å². The molecule has 1 rings (SSSR count). The second-order valence-electron chi connectivity index (χ2n) is 5.02. The van der Waals surface area contributed by atoms with Crippen molar-refractivity contribution in [2.24, 2.45) is 0 Å². The number of allylic oxidation sites excluding steroid dienone is 3. The molecule has 0 N–H and O–H groups in total. The third-order valence-corrected chi connectivity index (χ3v) is 3.36. The van der Waals surface area contributed by atoms with Crippen LogP contribution in [0.15, 0.2) is 42.0 Å². The predicted octanol–water partition coefficient (Wildman–Crippen LogP) is 6.22. The summed E-state index contributed by atoms with van der Waals surface area (Å²) in [6, 6.07) is 6.95. The van der Waals surface area contributed by atoms with Gasteiger partial charge in [0.05, 0.1) is 7.11 Å². The van der Waals surface area contributed by atoms with Gasteiger partial charge in [0.25, 0.3) is 6.08 Å². The molecule has 0 saturated heterocycles. The van der Waals surface area contributed by atoms with E-state index in [9.17, 15) is 8.78 Å². The molecule has 0 radical (unpaired) electrons. The Morgan fingerprint density at radius 1 is 1.14 bits per heavy atom. The van der Waals surface area contributed by atoms with Crippen molar-refractivity contribution in [3.63, 3.8) is 0 Å². The first kappa shape index (κ1) is 17.4. The second-order valence-corrected chi connectivity index (χ2v) is 5.02. The van der Waals surface area contributed by atoms with Gasteiger partial charge in [-0.1, -0.05) is 56.5 Å². The van der Waals surface area contributed by atoms with Crippen molar-refractivity contribution >= 4 is 5.57 Å². The fraction of sp³-hybridized carbons (Fsp3) is 0.444. The molecular formula is C18H24F2O. The molecule has 21 heavy (non-hydrogen) atoms. The molecule has 0 aliphatic carbocycles. The van der Waals surface area contributed by atoms with Gasteiger partial charge in [-0.15, -0.1) is 0 Å². The number of methoxy groups -OCH3 is 1. The van der Waals surface area contributed by atoms with E-state index in [0.717, 1.165) is 31.3 Å². The Bertz CT molecular complexity index is 500. The van der Waals surface area contributed by atoms with Crippen molar-refractivity contribution in [3.05, 3.63) is 47.6 Å².